The first kappa shape index (κ1) is 26.6. The molecule has 0 N–H and O–H groups in total. The molecule has 0 unspecified atom stereocenters. The van der Waals surface area contributed by atoms with Gasteiger partial charge in [-0.05, 0) is 20.3 Å². The minimum Gasteiger partial charge on any atom is -0.463 e. The molecular weight excluding hydrogens is 375 g/mol. The van der Waals surface area contributed by atoms with Gasteiger partial charge in [0.1, 0.15) is 0 Å². The number of ether oxygens (including phenoxy) is 1. The summed E-state index contributed by atoms with van der Waals surface area (Å²) in [4.78, 5) is 11.4. The number of carbonyl (C=O) groups excluding carboxylic acids is 1. The van der Waals surface area contributed by atoms with Gasteiger partial charge in [0.05, 0.1) is 6.10 Å². The molecule has 0 heterocycles. The molecule has 0 radical (unpaired) electrons. The SMILES string of the molecule is CCCCCCCCCCCCCCCCCC(=O)OC(C)C.[Zr]. The van der Waals surface area contributed by atoms with Crippen LogP contribution in [0.5, 0.6) is 0 Å². The van der Waals surface area contributed by atoms with Crippen molar-refractivity contribution in [3.8, 4) is 0 Å². The molecular formula is C21H42O2Zr. The van der Waals surface area contributed by atoms with Gasteiger partial charge < -0.3 is 4.74 Å². The minimum absolute atomic E-state index is 0. The number of carbonyl (C=O) groups is 1. The summed E-state index contributed by atoms with van der Waals surface area (Å²) in [5, 5.41) is 0. The summed E-state index contributed by atoms with van der Waals surface area (Å²) in [6.45, 7) is 6.09. The number of unbranched alkanes of at least 4 members (excludes halogenated alkanes) is 14. The minimum atomic E-state index is -0.0327. The molecule has 0 saturated carbocycles. The Hall–Kier alpha value is 0.353. The molecule has 142 valence electrons. The van der Waals surface area contributed by atoms with Crippen LogP contribution in [0.2, 0.25) is 0 Å². The van der Waals surface area contributed by atoms with E-state index >= 15 is 0 Å². The number of esters is 1. The van der Waals surface area contributed by atoms with Crippen molar-refractivity contribution in [3.63, 3.8) is 0 Å². The van der Waals surface area contributed by atoms with Crippen LogP contribution >= 0.6 is 0 Å². The molecule has 0 aliphatic heterocycles. The zero-order chi connectivity index (χ0) is 17.2. The second kappa shape index (κ2) is 21.4. The monoisotopic (exact) mass is 416 g/mol. The van der Waals surface area contributed by atoms with Gasteiger partial charge in [0.15, 0.2) is 0 Å². The first-order valence-corrected chi connectivity index (χ1v) is 10.4. The smallest absolute Gasteiger partial charge is 0.306 e. The molecule has 24 heavy (non-hydrogen) atoms. The first-order valence-electron chi connectivity index (χ1n) is 10.4. The first-order chi connectivity index (χ1) is 11.2. The van der Waals surface area contributed by atoms with Crippen molar-refractivity contribution in [2.75, 3.05) is 0 Å². The van der Waals surface area contributed by atoms with Crippen LogP contribution in [0.15, 0.2) is 0 Å². The van der Waals surface area contributed by atoms with Crippen LogP contribution in [-0.4, -0.2) is 12.1 Å². The predicted octanol–water partition coefficient (Wildman–Crippen LogP) is 7.20. The van der Waals surface area contributed by atoms with Crippen molar-refractivity contribution in [2.24, 2.45) is 0 Å². The Balaban J connectivity index is 0. The predicted molar refractivity (Wildman–Crippen MR) is 101 cm³/mol. The van der Waals surface area contributed by atoms with Crippen molar-refractivity contribution in [2.45, 2.75) is 130 Å². The third kappa shape index (κ3) is 22.4. The quantitative estimate of drug-likeness (QED) is 0.185. The van der Waals surface area contributed by atoms with Gasteiger partial charge in [-0.15, -0.1) is 0 Å². The van der Waals surface area contributed by atoms with E-state index in [1.807, 2.05) is 13.8 Å². The van der Waals surface area contributed by atoms with Crippen LogP contribution in [0.1, 0.15) is 124 Å². The average molecular weight is 418 g/mol. The second-order valence-corrected chi connectivity index (χ2v) is 7.24. The van der Waals surface area contributed by atoms with Crippen LogP contribution in [-0.2, 0) is 35.7 Å². The van der Waals surface area contributed by atoms with Crippen LogP contribution < -0.4 is 0 Å². The van der Waals surface area contributed by atoms with Crippen molar-refractivity contribution in [1.82, 2.24) is 0 Å². The summed E-state index contributed by atoms with van der Waals surface area (Å²) in [6.07, 6.45) is 20.9. The van der Waals surface area contributed by atoms with Crippen molar-refractivity contribution < 1.29 is 35.7 Å². The van der Waals surface area contributed by atoms with Crippen molar-refractivity contribution in [1.29, 1.82) is 0 Å². The van der Waals surface area contributed by atoms with E-state index in [2.05, 4.69) is 6.92 Å². The molecule has 0 saturated heterocycles. The molecule has 0 aliphatic rings. The Morgan fingerprint density at radius 1 is 0.667 bits per heavy atom. The fourth-order valence-corrected chi connectivity index (χ4v) is 2.96. The second-order valence-electron chi connectivity index (χ2n) is 7.24. The molecule has 0 rings (SSSR count). The van der Waals surface area contributed by atoms with E-state index in [1.54, 1.807) is 0 Å². The van der Waals surface area contributed by atoms with E-state index < -0.39 is 0 Å². The molecule has 0 atom stereocenters. The zero-order valence-corrected chi connectivity index (χ0v) is 19.2. The maximum Gasteiger partial charge on any atom is 0.306 e. The molecule has 0 spiro atoms. The maximum atomic E-state index is 11.4. The number of hydrogen-bond donors (Lipinski definition) is 0. The molecule has 0 bridgehead atoms. The summed E-state index contributed by atoms with van der Waals surface area (Å²) >= 11 is 0. The molecule has 2 nitrogen and oxygen atoms in total. The van der Waals surface area contributed by atoms with E-state index in [1.165, 1.54) is 89.9 Å². The molecule has 0 amide bonds. The van der Waals surface area contributed by atoms with Gasteiger partial charge in [0, 0.05) is 32.6 Å². The van der Waals surface area contributed by atoms with Crippen molar-refractivity contribution in [3.05, 3.63) is 0 Å². The van der Waals surface area contributed by atoms with Crippen LogP contribution in [0.25, 0.3) is 0 Å². The van der Waals surface area contributed by atoms with Gasteiger partial charge in [-0.3, -0.25) is 4.79 Å². The van der Waals surface area contributed by atoms with Crippen LogP contribution in [0, 0.1) is 0 Å². The Labute approximate surface area is 171 Å². The number of hydrogen-bond acceptors (Lipinski definition) is 2. The van der Waals surface area contributed by atoms with Gasteiger partial charge in [-0.1, -0.05) is 96.8 Å². The largest absolute Gasteiger partial charge is 0.463 e. The zero-order valence-electron chi connectivity index (χ0n) is 16.7. The summed E-state index contributed by atoms with van der Waals surface area (Å²) in [5.74, 6) is -0.0327. The topological polar surface area (TPSA) is 26.3 Å². The van der Waals surface area contributed by atoms with E-state index in [0.29, 0.717) is 6.42 Å². The average Bonchev–Trinajstić information content (AvgIpc) is 2.50. The third-order valence-corrected chi connectivity index (χ3v) is 4.35. The summed E-state index contributed by atoms with van der Waals surface area (Å²) < 4.78 is 5.13. The van der Waals surface area contributed by atoms with E-state index in [-0.39, 0.29) is 38.3 Å². The summed E-state index contributed by atoms with van der Waals surface area (Å²) in [6, 6.07) is 0. The fourth-order valence-electron chi connectivity index (χ4n) is 2.96. The van der Waals surface area contributed by atoms with Gasteiger partial charge in [0.25, 0.3) is 0 Å². The Bertz CT molecular complexity index is 254. The maximum absolute atomic E-state index is 11.4. The summed E-state index contributed by atoms with van der Waals surface area (Å²) in [5.41, 5.74) is 0. The normalized spacial score (nSPS) is 10.7. The Morgan fingerprint density at radius 2 is 1.00 bits per heavy atom. The van der Waals surface area contributed by atoms with Crippen LogP contribution in [0.3, 0.4) is 0 Å². The third-order valence-electron chi connectivity index (χ3n) is 4.35. The molecule has 0 fully saturated rings. The van der Waals surface area contributed by atoms with Crippen LogP contribution in [0.4, 0.5) is 0 Å². The fraction of sp³-hybridized carbons (Fsp3) is 0.952. The summed E-state index contributed by atoms with van der Waals surface area (Å²) in [7, 11) is 0. The van der Waals surface area contributed by atoms with Gasteiger partial charge in [-0.2, -0.15) is 0 Å². The van der Waals surface area contributed by atoms with Gasteiger partial charge >= 0.3 is 5.97 Å². The molecule has 0 aromatic carbocycles. The van der Waals surface area contributed by atoms with Gasteiger partial charge in [0.2, 0.25) is 0 Å². The van der Waals surface area contributed by atoms with E-state index in [4.69, 9.17) is 4.74 Å². The molecule has 3 heteroatoms. The standard InChI is InChI=1S/C21H42O2.Zr/c1-4-5-6-7-8-9-10-11-12-13-14-15-16-17-18-19-21(22)23-20(2)3;/h20H,4-19H2,1-3H3;. The van der Waals surface area contributed by atoms with Crippen molar-refractivity contribution >= 4 is 5.97 Å². The van der Waals surface area contributed by atoms with E-state index in [9.17, 15) is 4.79 Å². The molecule has 0 aromatic rings. The Kier molecular flexibility index (Phi) is 23.7. The Morgan fingerprint density at radius 3 is 1.33 bits per heavy atom. The molecule has 0 aliphatic carbocycles. The van der Waals surface area contributed by atoms with Gasteiger partial charge in [-0.25, -0.2) is 0 Å². The van der Waals surface area contributed by atoms with E-state index in [0.717, 1.165) is 6.42 Å². The number of rotatable bonds is 17. The molecule has 0 aromatic heterocycles.